The molecule has 0 aromatic carbocycles. The molecule has 27 heavy (non-hydrogen) atoms. The zero-order chi connectivity index (χ0) is 21.2. The molecule has 0 saturated heterocycles. The van der Waals surface area contributed by atoms with Gasteiger partial charge in [-0.2, -0.15) is 0 Å². The van der Waals surface area contributed by atoms with Gasteiger partial charge in [0.15, 0.2) is 5.78 Å². The zero-order valence-electron chi connectivity index (χ0n) is 15.6. The average molecular weight is 389 g/mol. The third-order valence-electron chi connectivity index (χ3n) is 3.42. The molecule has 0 heterocycles. The summed E-state index contributed by atoms with van der Waals surface area (Å²) in [5.74, 6) is -4.22. The highest BCUT2D eigenvalue weighted by atomic mass is 16.5. The van der Waals surface area contributed by atoms with Gasteiger partial charge in [-0.3, -0.25) is 24.0 Å². The van der Waals surface area contributed by atoms with Crippen molar-refractivity contribution in [1.82, 2.24) is 10.6 Å². The van der Waals surface area contributed by atoms with Crippen molar-refractivity contribution in [1.29, 1.82) is 0 Å². The highest BCUT2D eigenvalue weighted by Gasteiger charge is 2.25. The summed E-state index contributed by atoms with van der Waals surface area (Å²) in [5, 5.41) is 21.7. The number of aliphatic carboxylic acids is 2. The minimum atomic E-state index is -1.27. The van der Waals surface area contributed by atoms with Crippen molar-refractivity contribution in [2.45, 2.75) is 45.7 Å². The van der Waals surface area contributed by atoms with Gasteiger partial charge in [-0.25, -0.2) is 0 Å². The van der Waals surface area contributed by atoms with Crippen molar-refractivity contribution in [3.05, 3.63) is 0 Å². The van der Waals surface area contributed by atoms with Gasteiger partial charge in [0, 0.05) is 11.8 Å². The molecule has 0 saturated carbocycles. The lowest BCUT2D eigenvalue weighted by Gasteiger charge is -2.20. The number of Topliss-reactive ketones (excluding diaryl/α,β-unsaturated/α-hetero) is 1. The second kappa shape index (κ2) is 11.2. The van der Waals surface area contributed by atoms with Gasteiger partial charge in [0.1, 0.15) is 25.2 Å². The van der Waals surface area contributed by atoms with E-state index < -0.39 is 47.8 Å². The lowest BCUT2D eigenvalue weighted by Crippen LogP contribution is -2.50. The number of rotatable bonds is 12. The van der Waals surface area contributed by atoms with E-state index in [0.29, 0.717) is 0 Å². The molecule has 0 fully saturated rings. The van der Waals surface area contributed by atoms with Crippen LogP contribution in [0.3, 0.4) is 0 Å². The smallest absolute Gasteiger partial charge is 0.322 e. The summed E-state index contributed by atoms with van der Waals surface area (Å²) in [4.78, 5) is 57.0. The molecule has 0 aliphatic carbocycles. The number of carboxylic acids is 2. The lowest BCUT2D eigenvalue weighted by molar-refractivity contribution is -0.139. The zero-order valence-corrected chi connectivity index (χ0v) is 15.6. The molecule has 0 radical (unpaired) electrons. The number of carboxylic acid groups (broad SMARTS) is 2. The normalized spacial score (nSPS) is 13.3. The van der Waals surface area contributed by atoms with Crippen molar-refractivity contribution in [2.24, 2.45) is 11.1 Å². The third kappa shape index (κ3) is 10.9. The molecule has 6 N–H and O–H groups in total. The molecule has 2 amide bonds. The summed E-state index contributed by atoms with van der Waals surface area (Å²) < 4.78 is 5.19. The molecule has 154 valence electrons. The Labute approximate surface area is 156 Å². The molecule has 2 unspecified atom stereocenters. The molecule has 0 spiro atoms. The van der Waals surface area contributed by atoms with E-state index in [1.807, 2.05) is 0 Å². The maximum atomic E-state index is 12.0. The van der Waals surface area contributed by atoms with Gasteiger partial charge in [-0.05, 0) is 6.42 Å². The number of nitrogens with one attached hydrogen (secondary N) is 2. The summed E-state index contributed by atoms with van der Waals surface area (Å²) in [5.41, 5.74) is 4.66. The van der Waals surface area contributed by atoms with Gasteiger partial charge in [0.05, 0.1) is 6.61 Å². The van der Waals surface area contributed by atoms with Crippen molar-refractivity contribution >= 4 is 29.5 Å². The van der Waals surface area contributed by atoms with Crippen molar-refractivity contribution in [2.75, 3.05) is 19.8 Å². The fraction of sp³-hybridized carbons (Fsp3) is 0.688. The summed E-state index contributed by atoms with van der Waals surface area (Å²) in [6.07, 6.45) is -0.398. The number of ether oxygens (including phenoxy) is 1. The fourth-order valence-corrected chi connectivity index (χ4v) is 1.63. The molecule has 0 rings (SSSR count). The van der Waals surface area contributed by atoms with Crippen LogP contribution in [0.25, 0.3) is 0 Å². The number of carbonyl (C=O) groups is 5. The van der Waals surface area contributed by atoms with Crippen LogP contribution in [0, 0.1) is 5.41 Å². The second-order valence-corrected chi connectivity index (χ2v) is 6.90. The van der Waals surface area contributed by atoms with Gasteiger partial charge in [-0.15, -0.1) is 0 Å². The summed E-state index contributed by atoms with van der Waals surface area (Å²) in [6.45, 7) is 3.79. The molecular formula is C16H27N3O8. The SMILES string of the molecule is CC(C)(C)C(=O)COCC(NC(=O)CCC(N)C(=O)O)C(=O)NCC(=O)O. The largest absolute Gasteiger partial charge is 0.480 e. The van der Waals surface area contributed by atoms with Crippen LogP contribution in [0.1, 0.15) is 33.6 Å². The van der Waals surface area contributed by atoms with Gasteiger partial charge < -0.3 is 31.3 Å². The predicted octanol–water partition coefficient (Wildman–Crippen LogP) is -1.50. The topological polar surface area (TPSA) is 185 Å². The number of hydrogen-bond acceptors (Lipinski definition) is 7. The fourth-order valence-electron chi connectivity index (χ4n) is 1.63. The second-order valence-electron chi connectivity index (χ2n) is 6.90. The van der Waals surface area contributed by atoms with Crippen LogP contribution >= 0.6 is 0 Å². The first-order valence-corrected chi connectivity index (χ1v) is 8.23. The summed E-state index contributed by atoms with van der Waals surface area (Å²) >= 11 is 0. The molecular weight excluding hydrogens is 362 g/mol. The number of carbonyl (C=O) groups excluding carboxylic acids is 3. The van der Waals surface area contributed by atoms with Gasteiger partial charge in [0.25, 0.3) is 0 Å². The van der Waals surface area contributed by atoms with Crippen LogP contribution in [0.5, 0.6) is 0 Å². The maximum Gasteiger partial charge on any atom is 0.322 e. The average Bonchev–Trinajstić information content (AvgIpc) is 2.55. The minimum absolute atomic E-state index is 0.145. The van der Waals surface area contributed by atoms with E-state index in [2.05, 4.69) is 10.6 Å². The molecule has 11 nitrogen and oxygen atoms in total. The molecule has 0 aliphatic heterocycles. The van der Waals surface area contributed by atoms with E-state index >= 15 is 0 Å². The van der Waals surface area contributed by atoms with Crippen molar-refractivity contribution in [3.8, 4) is 0 Å². The molecule has 0 aliphatic rings. The van der Waals surface area contributed by atoms with Crippen LogP contribution in [-0.4, -0.2) is 71.6 Å². The Kier molecular flexibility index (Phi) is 10.2. The van der Waals surface area contributed by atoms with Gasteiger partial charge >= 0.3 is 11.9 Å². The van der Waals surface area contributed by atoms with Crippen LogP contribution in [0.15, 0.2) is 0 Å². The van der Waals surface area contributed by atoms with Gasteiger partial charge in [-0.1, -0.05) is 20.8 Å². The highest BCUT2D eigenvalue weighted by molar-refractivity contribution is 5.90. The monoisotopic (exact) mass is 389 g/mol. The Bertz CT molecular complexity index is 571. The lowest BCUT2D eigenvalue weighted by atomic mass is 9.91. The molecule has 2 atom stereocenters. The minimum Gasteiger partial charge on any atom is -0.480 e. The van der Waals surface area contributed by atoms with E-state index in [0.717, 1.165) is 0 Å². The number of hydrogen-bond donors (Lipinski definition) is 5. The van der Waals surface area contributed by atoms with E-state index in [9.17, 15) is 24.0 Å². The number of nitrogens with two attached hydrogens (primary N) is 1. The van der Waals surface area contributed by atoms with E-state index in [1.165, 1.54) is 0 Å². The van der Waals surface area contributed by atoms with Crippen LogP contribution in [0.2, 0.25) is 0 Å². The number of ketones is 1. The first-order valence-electron chi connectivity index (χ1n) is 8.23. The first kappa shape index (κ1) is 24.5. The van der Waals surface area contributed by atoms with Crippen LogP contribution in [0.4, 0.5) is 0 Å². The first-order chi connectivity index (χ1) is 12.3. The van der Waals surface area contributed by atoms with Crippen molar-refractivity contribution < 1.29 is 38.9 Å². The summed E-state index contributed by atoms with van der Waals surface area (Å²) in [6, 6.07) is -2.47. The van der Waals surface area contributed by atoms with E-state index in [-0.39, 0.29) is 31.8 Å². The quantitative estimate of drug-likeness (QED) is 0.265. The predicted molar refractivity (Wildman–Crippen MR) is 92.7 cm³/mol. The Morgan fingerprint density at radius 1 is 1.11 bits per heavy atom. The Balaban J connectivity index is 4.75. The molecule has 11 heteroatoms. The van der Waals surface area contributed by atoms with E-state index in [1.54, 1.807) is 20.8 Å². The van der Waals surface area contributed by atoms with Crippen molar-refractivity contribution in [3.63, 3.8) is 0 Å². The Hall–Kier alpha value is -2.53. The standard InChI is InChI=1S/C16H27N3O8/c1-16(2,3)11(20)8-27-7-10(14(24)18-6-13(22)23)19-12(21)5-4-9(17)15(25)26/h9-10H,4-8,17H2,1-3H3,(H,18,24)(H,19,21)(H,22,23)(H,25,26). The van der Waals surface area contributed by atoms with E-state index in [4.69, 9.17) is 20.7 Å². The molecule has 0 bridgehead atoms. The maximum absolute atomic E-state index is 12.0. The summed E-state index contributed by atoms with van der Waals surface area (Å²) in [7, 11) is 0. The Morgan fingerprint density at radius 3 is 2.19 bits per heavy atom. The molecule has 0 aromatic rings. The Morgan fingerprint density at radius 2 is 1.70 bits per heavy atom. The van der Waals surface area contributed by atoms with Crippen LogP contribution in [-0.2, 0) is 28.7 Å². The molecule has 0 aromatic heterocycles. The third-order valence-corrected chi connectivity index (χ3v) is 3.42. The van der Waals surface area contributed by atoms with Crippen LogP contribution < -0.4 is 16.4 Å². The highest BCUT2D eigenvalue weighted by Crippen LogP contribution is 2.14. The number of amides is 2. The van der Waals surface area contributed by atoms with Gasteiger partial charge in [0.2, 0.25) is 11.8 Å².